The van der Waals surface area contributed by atoms with Gasteiger partial charge in [0, 0.05) is 37.6 Å². The van der Waals surface area contributed by atoms with Gasteiger partial charge in [-0.05, 0) is 68.9 Å². The van der Waals surface area contributed by atoms with Crippen molar-refractivity contribution in [1.82, 2.24) is 9.97 Å². The third kappa shape index (κ3) is 10.2. The van der Waals surface area contributed by atoms with Gasteiger partial charge >= 0.3 is 0 Å². The van der Waals surface area contributed by atoms with E-state index in [1.54, 1.807) is 0 Å². The third-order valence-corrected chi connectivity index (χ3v) is 5.80. The summed E-state index contributed by atoms with van der Waals surface area (Å²) >= 11 is 0. The maximum atomic E-state index is 5.90. The van der Waals surface area contributed by atoms with Gasteiger partial charge in [0.05, 0.1) is 19.8 Å². The highest BCUT2D eigenvalue weighted by Gasteiger charge is 2.15. The van der Waals surface area contributed by atoms with E-state index in [0.717, 1.165) is 69.1 Å². The second-order valence-corrected chi connectivity index (χ2v) is 8.53. The molecule has 0 N–H and O–H groups in total. The van der Waals surface area contributed by atoms with Crippen molar-refractivity contribution in [3.8, 4) is 17.1 Å². The molecule has 3 rings (SSSR count). The van der Waals surface area contributed by atoms with E-state index >= 15 is 0 Å². The van der Waals surface area contributed by atoms with E-state index in [1.165, 1.54) is 37.7 Å². The summed E-state index contributed by atoms with van der Waals surface area (Å²) in [7, 11) is 0. The molecule has 1 aromatic carbocycles. The van der Waals surface area contributed by atoms with E-state index in [0.29, 0.717) is 13.2 Å². The second kappa shape index (κ2) is 15.8. The molecule has 1 aliphatic rings. The lowest BCUT2D eigenvalue weighted by molar-refractivity contribution is -0.105. The molecule has 6 nitrogen and oxygen atoms in total. The summed E-state index contributed by atoms with van der Waals surface area (Å²) in [5.74, 6) is 1.58. The molecule has 2 aromatic rings. The Morgan fingerprint density at radius 2 is 1.58 bits per heavy atom. The highest BCUT2D eigenvalue weighted by atomic mass is 16.7. The zero-order chi connectivity index (χ0) is 23.0. The van der Waals surface area contributed by atoms with Crippen molar-refractivity contribution in [2.75, 3.05) is 33.0 Å². The van der Waals surface area contributed by atoms with Gasteiger partial charge in [-0.2, -0.15) is 0 Å². The highest BCUT2D eigenvalue weighted by molar-refractivity contribution is 5.55. The molecule has 1 fully saturated rings. The Bertz CT molecular complexity index is 746. The Labute approximate surface area is 199 Å². The number of ether oxygens (including phenoxy) is 4. The van der Waals surface area contributed by atoms with Crippen LogP contribution < -0.4 is 4.74 Å². The molecular formula is C27H40N2O4. The van der Waals surface area contributed by atoms with Crippen LogP contribution in [0.2, 0.25) is 0 Å². The quantitative estimate of drug-likeness (QED) is 0.289. The van der Waals surface area contributed by atoms with E-state index in [9.17, 15) is 0 Å². The monoisotopic (exact) mass is 456 g/mol. The lowest BCUT2D eigenvalue weighted by atomic mass is 10.1. The largest absolute Gasteiger partial charge is 0.465 e. The summed E-state index contributed by atoms with van der Waals surface area (Å²) in [6.07, 6.45) is 15.4. The number of nitrogens with zero attached hydrogens (tertiary/aromatic N) is 2. The van der Waals surface area contributed by atoms with E-state index in [2.05, 4.69) is 9.97 Å². The van der Waals surface area contributed by atoms with Crippen LogP contribution in [0.4, 0.5) is 0 Å². The van der Waals surface area contributed by atoms with Gasteiger partial charge in [-0.3, -0.25) is 0 Å². The predicted octanol–water partition coefficient (Wildman–Crippen LogP) is 5.99. The Morgan fingerprint density at radius 1 is 0.848 bits per heavy atom. The van der Waals surface area contributed by atoms with E-state index < -0.39 is 0 Å². The minimum Gasteiger partial charge on any atom is -0.465 e. The van der Waals surface area contributed by atoms with Gasteiger partial charge in [0.1, 0.15) is 5.75 Å². The van der Waals surface area contributed by atoms with E-state index in [4.69, 9.17) is 18.9 Å². The van der Waals surface area contributed by atoms with Crippen molar-refractivity contribution in [2.45, 2.75) is 77.4 Å². The van der Waals surface area contributed by atoms with Crippen molar-refractivity contribution in [3.05, 3.63) is 42.2 Å². The summed E-state index contributed by atoms with van der Waals surface area (Å²) < 4.78 is 22.3. The van der Waals surface area contributed by atoms with Gasteiger partial charge in [0.25, 0.3) is 0 Å². The molecule has 0 saturated carbocycles. The molecule has 0 bridgehead atoms. The van der Waals surface area contributed by atoms with Gasteiger partial charge in [0.2, 0.25) is 0 Å². The first-order valence-electron chi connectivity index (χ1n) is 12.7. The Hall–Kier alpha value is -2.02. The average molecular weight is 457 g/mol. The van der Waals surface area contributed by atoms with Gasteiger partial charge in [-0.1, -0.05) is 25.7 Å². The molecule has 0 spiro atoms. The number of hydrogen-bond acceptors (Lipinski definition) is 6. The molecule has 1 aromatic heterocycles. The number of unbranched alkanes of at least 4 members (excludes halogenated alkanes) is 5. The number of aromatic nitrogens is 2. The normalized spacial score (nSPS) is 16.1. The Kier molecular flexibility index (Phi) is 12.2. The fraction of sp³-hybridized carbons (Fsp3) is 0.630. The van der Waals surface area contributed by atoms with Gasteiger partial charge in [-0.15, -0.1) is 0 Å². The van der Waals surface area contributed by atoms with Crippen molar-refractivity contribution >= 4 is 0 Å². The smallest absolute Gasteiger partial charge is 0.199 e. The number of benzene rings is 1. The second-order valence-electron chi connectivity index (χ2n) is 8.53. The molecule has 6 heteroatoms. The molecular weight excluding hydrogens is 416 g/mol. The van der Waals surface area contributed by atoms with Gasteiger partial charge in [0.15, 0.2) is 12.1 Å². The molecule has 1 aliphatic heterocycles. The highest BCUT2D eigenvalue weighted by Crippen LogP contribution is 2.23. The molecule has 0 aliphatic carbocycles. The van der Waals surface area contributed by atoms with Crippen LogP contribution in [0.25, 0.3) is 11.4 Å². The first kappa shape index (κ1) is 25.6. The molecule has 1 saturated heterocycles. The molecule has 33 heavy (non-hydrogen) atoms. The first-order valence-corrected chi connectivity index (χ1v) is 12.7. The van der Waals surface area contributed by atoms with Crippen LogP contribution in [-0.4, -0.2) is 49.3 Å². The van der Waals surface area contributed by atoms with Crippen LogP contribution in [-0.2, 0) is 20.6 Å². The van der Waals surface area contributed by atoms with Crippen LogP contribution in [0.5, 0.6) is 5.75 Å². The maximum Gasteiger partial charge on any atom is 0.199 e. The minimum atomic E-state index is -0.120. The fourth-order valence-electron chi connectivity index (χ4n) is 3.88. The van der Waals surface area contributed by atoms with Crippen molar-refractivity contribution in [3.63, 3.8) is 0 Å². The number of rotatable bonds is 16. The molecule has 182 valence electrons. The number of aryl methyl sites for hydroxylation is 1. The lowest BCUT2D eigenvalue weighted by Crippen LogP contribution is -2.24. The summed E-state index contributed by atoms with van der Waals surface area (Å²) in [6, 6.07) is 7.96. The summed E-state index contributed by atoms with van der Waals surface area (Å²) in [6.45, 7) is 5.82. The topological polar surface area (TPSA) is 62.7 Å². The summed E-state index contributed by atoms with van der Waals surface area (Å²) in [4.78, 5) is 9.14. The zero-order valence-corrected chi connectivity index (χ0v) is 20.2. The molecule has 0 amide bonds. The standard InChI is InChI=1S/C27H40N2O4/c1-2-30-19-20-31-17-9-6-4-3-5-7-11-23-21-28-27(29-22-23)24-13-15-25(16-14-24)33-26-12-8-10-18-32-26/h13-16,21-22,26H,2-12,17-20H2,1H3. The maximum absolute atomic E-state index is 5.90. The zero-order valence-electron chi connectivity index (χ0n) is 20.2. The number of hydrogen-bond donors (Lipinski definition) is 0. The van der Waals surface area contributed by atoms with Crippen LogP contribution >= 0.6 is 0 Å². The van der Waals surface area contributed by atoms with Crippen LogP contribution in [0, 0.1) is 0 Å². The van der Waals surface area contributed by atoms with Crippen molar-refractivity contribution in [1.29, 1.82) is 0 Å². The average Bonchev–Trinajstić information content (AvgIpc) is 2.86. The SMILES string of the molecule is CCOCCOCCCCCCCCc1cnc(-c2ccc(OC3CCCCO3)cc2)nc1. The molecule has 1 unspecified atom stereocenters. The summed E-state index contributed by atoms with van der Waals surface area (Å²) in [5, 5.41) is 0. The Balaban J connectivity index is 1.26. The lowest BCUT2D eigenvalue weighted by Gasteiger charge is -2.23. The van der Waals surface area contributed by atoms with Crippen LogP contribution in [0.3, 0.4) is 0 Å². The minimum absolute atomic E-state index is 0.120. The molecule has 1 atom stereocenters. The van der Waals surface area contributed by atoms with Crippen LogP contribution in [0.1, 0.15) is 70.3 Å². The van der Waals surface area contributed by atoms with E-state index in [1.807, 2.05) is 43.6 Å². The van der Waals surface area contributed by atoms with E-state index in [-0.39, 0.29) is 6.29 Å². The van der Waals surface area contributed by atoms with Gasteiger partial charge in [-0.25, -0.2) is 9.97 Å². The Morgan fingerprint density at radius 3 is 2.30 bits per heavy atom. The fourth-order valence-corrected chi connectivity index (χ4v) is 3.88. The predicted molar refractivity (Wildman–Crippen MR) is 130 cm³/mol. The van der Waals surface area contributed by atoms with Crippen molar-refractivity contribution < 1.29 is 18.9 Å². The molecule has 0 radical (unpaired) electrons. The molecule has 2 heterocycles. The van der Waals surface area contributed by atoms with Crippen molar-refractivity contribution in [2.24, 2.45) is 0 Å². The third-order valence-electron chi connectivity index (χ3n) is 5.80. The first-order chi connectivity index (χ1) is 16.3. The summed E-state index contributed by atoms with van der Waals surface area (Å²) in [5.41, 5.74) is 2.20. The van der Waals surface area contributed by atoms with Crippen LogP contribution in [0.15, 0.2) is 36.7 Å². The van der Waals surface area contributed by atoms with Gasteiger partial charge < -0.3 is 18.9 Å².